The van der Waals surface area contributed by atoms with Gasteiger partial charge in [0.2, 0.25) is 0 Å². The van der Waals surface area contributed by atoms with Crippen molar-refractivity contribution in [3.05, 3.63) is 100 Å². The summed E-state index contributed by atoms with van der Waals surface area (Å²) in [6.07, 6.45) is 1.82. The van der Waals surface area contributed by atoms with Crippen molar-refractivity contribution >= 4 is 50.9 Å². The average molecular weight is 504 g/mol. The fourth-order valence-corrected chi connectivity index (χ4v) is 4.94. The monoisotopic (exact) mass is 502 g/mol. The van der Waals surface area contributed by atoms with Gasteiger partial charge in [-0.2, -0.15) is 0 Å². The molecule has 2 aromatic carbocycles. The second-order valence-corrected chi connectivity index (χ2v) is 8.98. The van der Waals surface area contributed by atoms with Crippen LogP contribution in [0.15, 0.2) is 74.1 Å². The lowest BCUT2D eigenvalue weighted by molar-refractivity contribution is -0.136. The summed E-state index contributed by atoms with van der Waals surface area (Å²) >= 11 is 11.1. The number of ether oxygens (including phenoxy) is 1. The van der Waals surface area contributed by atoms with Crippen molar-refractivity contribution in [2.75, 3.05) is 7.11 Å². The number of aromatic nitrogens is 1. The Morgan fingerprint density at radius 2 is 1.93 bits per heavy atom. The van der Waals surface area contributed by atoms with Crippen LogP contribution in [0, 0.1) is 0 Å². The quantitative estimate of drug-likeness (QED) is 0.511. The first-order valence-corrected chi connectivity index (χ1v) is 11.0. The number of carbonyl (C=O) groups excluding carboxylic acids is 1. The molecule has 152 valence electrons. The zero-order chi connectivity index (χ0) is 21.4. The third-order valence-electron chi connectivity index (χ3n) is 4.79. The van der Waals surface area contributed by atoms with Gasteiger partial charge in [-0.25, -0.2) is 9.79 Å². The van der Waals surface area contributed by atoms with Crippen molar-refractivity contribution < 1.29 is 9.53 Å². The molecule has 0 saturated carbocycles. The molecule has 0 spiro atoms. The molecule has 0 amide bonds. The van der Waals surface area contributed by atoms with Crippen molar-refractivity contribution in [1.29, 1.82) is 0 Å². The Labute approximate surface area is 189 Å². The zero-order valence-electron chi connectivity index (χ0n) is 16.1. The molecule has 1 aromatic heterocycles. The van der Waals surface area contributed by atoms with Gasteiger partial charge in [0.1, 0.15) is 6.04 Å². The Kier molecular flexibility index (Phi) is 5.77. The van der Waals surface area contributed by atoms with Crippen LogP contribution in [0.1, 0.15) is 24.1 Å². The van der Waals surface area contributed by atoms with Gasteiger partial charge in [-0.3, -0.25) is 9.36 Å². The maximum absolute atomic E-state index is 13.4. The van der Waals surface area contributed by atoms with Gasteiger partial charge in [-0.05, 0) is 42.3 Å². The van der Waals surface area contributed by atoms with E-state index in [4.69, 9.17) is 16.3 Å². The molecule has 1 unspecified atom stereocenters. The Balaban J connectivity index is 2.00. The normalized spacial score (nSPS) is 16.3. The number of esters is 1. The number of hydrogen-bond acceptors (Lipinski definition) is 5. The van der Waals surface area contributed by atoms with E-state index in [1.54, 1.807) is 25.1 Å². The van der Waals surface area contributed by atoms with Crippen LogP contribution in [-0.4, -0.2) is 17.6 Å². The summed E-state index contributed by atoms with van der Waals surface area (Å²) in [4.78, 5) is 31.1. The van der Waals surface area contributed by atoms with Crippen molar-refractivity contribution in [3.63, 3.8) is 0 Å². The van der Waals surface area contributed by atoms with Gasteiger partial charge >= 0.3 is 5.97 Å². The largest absolute Gasteiger partial charge is 0.466 e. The first-order chi connectivity index (χ1) is 14.4. The molecular formula is C22H16BrClN2O3S. The second kappa shape index (κ2) is 8.34. The van der Waals surface area contributed by atoms with Gasteiger partial charge in [-0.15, -0.1) is 0 Å². The number of benzene rings is 2. The topological polar surface area (TPSA) is 60.7 Å². The predicted octanol–water partition coefficient (Wildman–Crippen LogP) is 3.82. The summed E-state index contributed by atoms with van der Waals surface area (Å²) in [5, 5.41) is 0.459. The number of carbonyl (C=O) groups is 1. The first kappa shape index (κ1) is 20.8. The zero-order valence-corrected chi connectivity index (χ0v) is 19.2. The maximum Gasteiger partial charge on any atom is 0.338 e. The van der Waals surface area contributed by atoms with E-state index >= 15 is 0 Å². The lowest BCUT2D eigenvalue weighted by Crippen LogP contribution is -2.39. The number of thiazole rings is 1. The number of methoxy groups -OCH3 is 1. The van der Waals surface area contributed by atoms with E-state index < -0.39 is 12.0 Å². The summed E-state index contributed by atoms with van der Waals surface area (Å²) < 4.78 is 8.00. The Hall–Kier alpha value is -2.48. The van der Waals surface area contributed by atoms with Crippen molar-refractivity contribution in [1.82, 2.24) is 4.57 Å². The Morgan fingerprint density at radius 1 is 1.23 bits per heavy atom. The number of nitrogens with zero attached hydrogens (tertiary/aromatic N) is 2. The standard InChI is InChI=1S/C22H16BrClN2O3S/c1-12-18(21(28)29-2)19(15-5-3-4-6-16(15)24)26-20(27)17(30-22(26)25-12)11-13-7-9-14(23)10-8-13/h3-11,19H,1-2H3. The molecule has 0 radical (unpaired) electrons. The van der Waals surface area contributed by atoms with Gasteiger partial charge in [0.15, 0.2) is 4.80 Å². The molecule has 3 aromatic rings. The second-order valence-electron chi connectivity index (χ2n) is 6.65. The molecule has 4 rings (SSSR count). The van der Waals surface area contributed by atoms with Gasteiger partial charge in [0.05, 0.1) is 22.9 Å². The number of halogens is 2. The molecule has 0 N–H and O–H groups in total. The van der Waals surface area contributed by atoms with Crippen LogP contribution >= 0.6 is 38.9 Å². The van der Waals surface area contributed by atoms with E-state index in [0.29, 0.717) is 31.2 Å². The van der Waals surface area contributed by atoms with Gasteiger partial charge in [-0.1, -0.05) is 69.2 Å². The highest BCUT2D eigenvalue weighted by Crippen LogP contribution is 2.34. The number of fused-ring (bicyclic) bond motifs is 1. The number of rotatable bonds is 3. The number of allylic oxidation sites excluding steroid dienone is 1. The molecule has 0 saturated heterocycles. The molecule has 1 atom stereocenters. The molecule has 0 fully saturated rings. The molecule has 8 heteroatoms. The van der Waals surface area contributed by atoms with E-state index in [1.165, 1.54) is 23.0 Å². The summed E-state index contributed by atoms with van der Waals surface area (Å²) in [5.41, 5.74) is 2.10. The maximum atomic E-state index is 13.4. The minimum Gasteiger partial charge on any atom is -0.466 e. The lowest BCUT2D eigenvalue weighted by Gasteiger charge is -2.25. The van der Waals surface area contributed by atoms with Gasteiger partial charge < -0.3 is 4.74 Å². The van der Waals surface area contributed by atoms with Gasteiger partial charge in [0, 0.05) is 9.50 Å². The Bertz CT molecular complexity index is 1360. The molecule has 30 heavy (non-hydrogen) atoms. The molecule has 2 heterocycles. The fraction of sp³-hybridized carbons (Fsp3) is 0.136. The van der Waals surface area contributed by atoms with Crippen LogP contribution in [0.5, 0.6) is 0 Å². The molecular weight excluding hydrogens is 488 g/mol. The van der Waals surface area contributed by atoms with Gasteiger partial charge in [0.25, 0.3) is 5.56 Å². The molecule has 1 aliphatic rings. The lowest BCUT2D eigenvalue weighted by atomic mass is 9.96. The van der Waals surface area contributed by atoms with Crippen LogP contribution < -0.4 is 14.9 Å². The highest BCUT2D eigenvalue weighted by atomic mass is 79.9. The highest BCUT2D eigenvalue weighted by Gasteiger charge is 2.34. The molecule has 5 nitrogen and oxygen atoms in total. The predicted molar refractivity (Wildman–Crippen MR) is 121 cm³/mol. The van der Waals surface area contributed by atoms with Crippen LogP contribution in [-0.2, 0) is 9.53 Å². The summed E-state index contributed by atoms with van der Waals surface area (Å²) in [7, 11) is 1.31. The smallest absolute Gasteiger partial charge is 0.338 e. The highest BCUT2D eigenvalue weighted by molar-refractivity contribution is 9.10. The first-order valence-electron chi connectivity index (χ1n) is 9.01. The van der Waals surface area contributed by atoms with E-state index in [0.717, 1.165) is 10.0 Å². The van der Waals surface area contributed by atoms with Crippen molar-refractivity contribution in [2.24, 2.45) is 4.99 Å². The minimum absolute atomic E-state index is 0.236. The minimum atomic E-state index is -0.713. The summed E-state index contributed by atoms with van der Waals surface area (Å²) in [6, 6.07) is 14.1. The summed E-state index contributed by atoms with van der Waals surface area (Å²) in [5.74, 6) is -0.539. The van der Waals surface area contributed by atoms with Crippen LogP contribution in [0.3, 0.4) is 0 Å². The van der Waals surface area contributed by atoms with Crippen molar-refractivity contribution in [3.8, 4) is 0 Å². The molecule has 1 aliphatic heterocycles. The van der Waals surface area contributed by atoms with Crippen LogP contribution in [0.25, 0.3) is 6.08 Å². The fourth-order valence-electron chi connectivity index (χ4n) is 3.39. The van der Waals surface area contributed by atoms with E-state index in [9.17, 15) is 9.59 Å². The van der Waals surface area contributed by atoms with Crippen molar-refractivity contribution in [2.45, 2.75) is 13.0 Å². The van der Waals surface area contributed by atoms with Crippen LogP contribution in [0.4, 0.5) is 0 Å². The molecule has 0 aliphatic carbocycles. The van der Waals surface area contributed by atoms with E-state index in [2.05, 4.69) is 20.9 Å². The SMILES string of the molecule is COC(=O)C1=C(C)N=c2sc(=Cc3ccc(Br)cc3)c(=O)n2C1c1ccccc1Cl. The van der Waals surface area contributed by atoms with E-state index in [1.807, 2.05) is 36.4 Å². The summed E-state index contributed by atoms with van der Waals surface area (Å²) in [6.45, 7) is 1.74. The molecule has 0 bridgehead atoms. The van der Waals surface area contributed by atoms with Crippen LogP contribution in [0.2, 0.25) is 5.02 Å². The Morgan fingerprint density at radius 3 is 2.60 bits per heavy atom. The average Bonchev–Trinajstić information content (AvgIpc) is 3.03. The number of hydrogen-bond donors (Lipinski definition) is 0. The third-order valence-corrected chi connectivity index (χ3v) is 6.65. The third kappa shape index (κ3) is 3.69. The van der Waals surface area contributed by atoms with E-state index in [-0.39, 0.29) is 5.56 Å².